The SMILES string of the molecule is COc1c(Cl)cc(/C=N\NC(=O)c2ccc(Cl)cc2)cc1Br. The number of benzene rings is 2. The van der Waals surface area contributed by atoms with Gasteiger partial charge < -0.3 is 4.74 Å². The second-order valence-corrected chi connectivity index (χ2v) is 5.92. The van der Waals surface area contributed by atoms with Gasteiger partial charge in [0.15, 0.2) is 5.75 Å². The van der Waals surface area contributed by atoms with E-state index in [1.807, 2.05) is 0 Å². The molecule has 2 rings (SSSR count). The van der Waals surface area contributed by atoms with Crippen LogP contribution >= 0.6 is 39.1 Å². The van der Waals surface area contributed by atoms with E-state index in [0.29, 0.717) is 31.4 Å². The first kappa shape index (κ1) is 16.8. The maximum Gasteiger partial charge on any atom is 0.271 e. The smallest absolute Gasteiger partial charge is 0.271 e. The normalized spacial score (nSPS) is 10.7. The highest BCUT2D eigenvalue weighted by Crippen LogP contribution is 2.33. The Bertz CT molecular complexity index is 695. The lowest BCUT2D eigenvalue weighted by molar-refractivity contribution is 0.0955. The Hall–Kier alpha value is -1.56. The van der Waals surface area contributed by atoms with Crippen LogP contribution < -0.4 is 10.2 Å². The van der Waals surface area contributed by atoms with E-state index in [1.54, 1.807) is 36.4 Å². The van der Waals surface area contributed by atoms with Crippen LogP contribution in [-0.2, 0) is 0 Å². The first-order chi connectivity index (χ1) is 10.5. The maximum atomic E-state index is 11.9. The lowest BCUT2D eigenvalue weighted by atomic mass is 10.2. The number of hydrogen-bond acceptors (Lipinski definition) is 3. The molecule has 1 amide bonds. The van der Waals surface area contributed by atoms with Gasteiger partial charge in [-0.15, -0.1) is 0 Å². The number of amides is 1. The molecule has 2 aromatic carbocycles. The molecule has 0 bridgehead atoms. The molecule has 0 fully saturated rings. The second kappa shape index (κ2) is 7.63. The molecule has 0 aromatic heterocycles. The van der Waals surface area contributed by atoms with Crippen LogP contribution in [0.4, 0.5) is 0 Å². The van der Waals surface area contributed by atoms with Gasteiger partial charge in [0.1, 0.15) is 0 Å². The third kappa shape index (κ3) is 4.22. The minimum Gasteiger partial charge on any atom is -0.494 e. The zero-order valence-electron chi connectivity index (χ0n) is 11.4. The summed E-state index contributed by atoms with van der Waals surface area (Å²) in [6.45, 7) is 0. The van der Waals surface area contributed by atoms with Crippen molar-refractivity contribution in [2.45, 2.75) is 0 Å². The van der Waals surface area contributed by atoms with Crippen LogP contribution in [0.3, 0.4) is 0 Å². The number of nitrogens with zero attached hydrogens (tertiary/aromatic N) is 1. The molecular weight excluding hydrogens is 391 g/mol. The van der Waals surface area contributed by atoms with Crippen molar-refractivity contribution in [2.75, 3.05) is 7.11 Å². The van der Waals surface area contributed by atoms with Crippen molar-refractivity contribution in [1.82, 2.24) is 5.43 Å². The number of ether oxygens (including phenoxy) is 1. The highest BCUT2D eigenvalue weighted by atomic mass is 79.9. The van der Waals surface area contributed by atoms with Crippen LogP contribution in [-0.4, -0.2) is 19.2 Å². The molecule has 4 nitrogen and oxygen atoms in total. The standard InChI is InChI=1S/C15H11BrCl2N2O2/c1-22-14-12(16)6-9(7-13(14)18)8-19-20-15(21)10-2-4-11(17)5-3-10/h2-8H,1H3,(H,20,21)/b19-8-. The van der Waals surface area contributed by atoms with Crippen molar-refractivity contribution in [1.29, 1.82) is 0 Å². The van der Waals surface area contributed by atoms with Gasteiger partial charge in [-0.25, -0.2) is 5.43 Å². The van der Waals surface area contributed by atoms with E-state index in [2.05, 4.69) is 26.5 Å². The number of rotatable bonds is 4. The molecule has 0 atom stereocenters. The van der Waals surface area contributed by atoms with Gasteiger partial charge in [0, 0.05) is 10.6 Å². The number of methoxy groups -OCH3 is 1. The first-order valence-corrected chi connectivity index (χ1v) is 7.68. The first-order valence-electron chi connectivity index (χ1n) is 6.13. The lowest BCUT2D eigenvalue weighted by Gasteiger charge is -2.06. The van der Waals surface area contributed by atoms with Crippen LogP contribution in [0.15, 0.2) is 46.0 Å². The Labute approximate surface area is 146 Å². The maximum absolute atomic E-state index is 11.9. The molecule has 22 heavy (non-hydrogen) atoms. The molecule has 1 N–H and O–H groups in total. The van der Waals surface area contributed by atoms with Crippen molar-refractivity contribution in [3.05, 3.63) is 62.0 Å². The van der Waals surface area contributed by atoms with Gasteiger partial charge in [0.25, 0.3) is 5.91 Å². The topological polar surface area (TPSA) is 50.7 Å². The summed E-state index contributed by atoms with van der Waals surface area (Å²) < 4.78 is 5.84. The zero-order valence-corrected chi connectivity index (χ0v) is 14.5. The van der Waals surface area contributed by atoms with E-state index in [4.69, 9.17) is 27.9 Å². The summed E-state index contributed by atoms with van der Waals surface area (Å²) in [7, 11) is 1.53. The van der Waals surface area contributed by atoms with Gasteiger partial charge in [-0.3, -0.25) is 4.79 Å². The van der Waals surface area contributed by atoms with Crippen molar-refractivity contribution >= 4 is 51.3 Å². The highest BCUT2D eigenvalue weighted by molar-refractivity contribution is 9.10. The molecule has 114 valence electrons. The summed E-state index contributed by atoms with van der Waals surface area (Å²) in [5, 5.41) is 4.91. The molecule has 0 saturated heterocycles. The molecule has 0 heterocycles. The number of nitrogens with one attached hydrogen (secondary N) is 1. The summed E-state index contributed by atoms with van der Waals surface area (Å²) in [6, 6.07) is 9.98. The van der Waals surface area contributed by atoms with Gasteiger partial charge in [0.2, 0.25) is 0 Å². The second-order valence-electron chi connectivity index (χ2n) is 4.22. The van der Waals surface area contributed by atoms with Crippen molar-refractivity contribution in [2.24, 2.45) is 5.10 Å². The molecule has 0 radical (unpaired) electrons. The van der Waals surface area contributed by atoms with E-state index in [0.717, 1.165) is 0 Å². The van der Waals surface area contributed by atoms with E-state index in [1.165, 1.54) is 13.3 Å². The van der Waals surface area contributed by atoms with Crippen LogP contribution in [0.2, 0.25) is 10.0 Å². The fourth-order valence-electron chi connectivity index (χ4n) is 1.68. The molecule has 0 aliphatic heterocycles. The van der Waals surface area contributed by atoms with Crippen LogP contribution in [0.25, 0.3) is 0 Å². The zero-order chi connectivity index (χ0) is 16.1. The number of carbonyl (C=O) groups is 1. The average molecular weight is 402 g/mol. The third-order valence-corrected chi connectivity index (χ3v) is 3.83. The summed E-state index contributed by atoms with van der Waals surface area (Å²) in [4.78, 5) is 11.9. The molecular formula is C15H11BrCl2N2O2. The molecule has 0 saturated carbocycles. The van der Waals surface area contributed by atoms with E-state index in [9.17, 15) is 4.79 Å². The summed E-state index contributed by atoms with van der Waals surface area (Å²) in [5.74, 6) is 0.218. The summed E-state index contributed by atoms with van der Waals surface area (Å²) in [5.41, 5.74) is 3.62. The van der Waals surface area contributed by atoms with Crippen LogP contribution in [0.1, 0.15) is 15.9 Å². The number of carbonyl (C=O) groups excluding carboxylic acids is 1. The third-order valence-electron chi connectivity index (χ3n) is 2.71. The van der Waals surface area contributed by atoms with Gasteiger partial charge >= 0.3 is 0 Å². The van der Waals surface area contributed by atoms with Crippen LogP contribution in [0.5, 0.6) is 5.75 Å². The molecule has 0 spiro atoms. The Morgan fingerprint density at radius 2 is 1.95 bits per heavy atom. The van der Waals surface area contributed by atoms with E-state index >= 15 is 0 Å². The molecule has 2 aromatic rings. The molecule has 0 aliphatic rings. The van der Waals surface area contributed by atoms with Gasteiger partial charge in [-0.2, -0.15) is 5.10 Å². The predicted octanol–water partition coefficient (Wildman–Crippen LogP) is 4.53. The highest BCUT2D eigenvalue weighted by Gasteiger charge is 2.07. The minimum absolute atomic E-state index is 0.327. The van der Waals surface area contributed by atoms with Crippen molar-refractivity contribution < 1.29 is 9.53 Å². The fraction of sp³-hybridized carbons (Fsp3) is 0.0667. The Balaban J connectivity index is 2.06. The predicted molar refractivity (Wildman–Crippen MR) is 92.2 cm³/mol. The fourth-order valence-corrected chi connectivity index (χ4v) is 2.87. The average Bonchev–Trinajstić information content (AvgIpc) is 2.47. The van der Waals surface area contributed by atoms with E-state index < -0.39 is 0 Å². The Kier molecular flexibility index (Phi) is 5.83. The molecule has 0 aliphatic carbocycles. The Morgan fingerprint density at radius 1 is 1.27 bits per heavy atom. The molecule has 0 unspecified atom stereocenters. The van der Waals surface area contributed by atoms with E-state index in [-0.39, 0.29) is 5.91 Å². The minimum atomic E-state index is -0.327. The monoisotopic (exact) mass is 400 g/mol. The largest absolute Gasteiger partial charge is 0.494 e. The Morgan fingerprint density at radius 3 is 2.55 bits per heavy atom. The van der Waals surface area contributed by atoms with Crippen LogP contribution in [0, 0.1) is 0 Å². The van der Waals surface area contributed by atoms with Crippen molar-refractivity contribution in [3.8, 4) is 5.75 Å². The van der Waals surface area contributed by atoms with Gasteiger partial charge in [-0.05, 0) is 57.9 Å². The van der Waals surface area contributed by atoms with Gasteiger partial charge in [0.05, 0.1) is 22.8 Å². The molecule has 7 heteroatoms. The number of halogens is 3. The number of hydrazone groups is 1. The number of hydrogen-bond donors (Lipinski definition) is 1. The quantitative estimate of drug-likeness (QED) is 0.604. The van der Waals surface area contributed by atoms with Gasteiger partial charge in [-0.1, -0.05) is 23.2 Å². The summed E-state index contributed by atoms with van der Waals surface area (Å²) >= 11 is 15.2. The van der Waals surface area contributed by atoms with Crippen molar-refractivity contribution in [3.63, 3.8) is 0 Å². The lowest BCUT2D eigenvalue weighted by Crippen LogP contribution is -2.17. The summed E-state index contributed by atoms with van der Waals surface area (Å²) in [6.07, 6.45) is 1.49.